The predicted molar refractivity (Wildman–Crippen MR) is 301 cm³/mol. The third kappa shape index (κ3) is 5.71. The molecule has 14 rings (SSSR count). The second-order valence-electron chi connectivity index (χ2n) is 23.1. The van der Waals surface area contributed by atoms with Crippen LogP contribution in [0, 0.1) is 0 Å². The number of para-hydroxylation sites is 3. The first-order valence-electron chi connectivity index (χ1n) is 25.0. The van der Waals surface area contributed by atoms with Crippen molar-refractivity contribution in [3.05, 3.63) is 193 Å². The van der Waals surface area contributed by atoms with E-state index in [2.05, 4.69) is 257 Å². The zero-order valence-corrected chi connectivity index (χ0v) is 41.5. The lowest BCUT2D eigenvalue weighted by molar-refractivity contribution is 0.590. The number of anilines is 3. The number of aromatic nitrogens is 3. The molecule has 0 amide bonds. The van der Waals surface area contributed by atoms with Crippen LogP contribution in [0.25, 0.3) is 104 Å². The molecule has 340 valence electrons. The minimum atomic E-state index is -0.0436. The lowest BCUT2D eigenvalue weighted by Crippen LogP contribution is -2.11. The number of rotatable bonds is 4. The maximum atomic E-state index is 2.59. The SMILES string of the molecule is CC(C)(C)c1ccc2c(c1)c1cc(C(C)(C)C)cc3c4cc5c(cc4n2c13)c1cc(C(C)(C)C)cc2c3ccc(N(c4ccccc4)c4ccc6c(c4)c4ccccc4n6-c4ccccc4)cc3n5c21. The summed E-state index contributed by atoms with van der Waals surface area (Å²) in [6.45, 7) is 21.1. The van der Waals surface area contributed by atoms with Crippen LogP contribution in [0.2, 0.25) is 0 Å². The molecule has 0 radical (unpaired) electrons. The van der Waals surface area contributed by atoms with E-state index in [-0.39, 0.29) is 16.2 Å². The fourth-order valence-electron chi connectivity index (χ4n) is 12.0. The Kier molecular flexibility index (Phi) is 8.19. The van der Waals surface area contributed by atoms with E-state index in [1.54, 1.807) is 0 Å². The van der Waals surface area contributed by atoms with Crippen LogP contribution < -0.4 is 4.90 Å². The fourth-order valence-corrected chi connectivity index (χ4v) is 12.0. The van der Waals surface area contributed by atoms with Gasteiger partial charge in [0.05, 0.1) is 44.1 Å². The van der Waals surface area contributed by atoms with Crippen molar-refractivity contribution in [3.8, 4) is 5.69 Å². The minimum absolute atomic E-state index is 0.0207. The number of fused-ring (bicyclic) bond motifs is 15. The number of hydrogen-bond donors (Lipinski definition) is 0. The molecule has 4 heteroatoms. The second-order valence-corrected chi connectivity index (χ2v) is 23.1. The summed E-state index contributed by atoms with van der Waals surface area (Å²) in [6.07, 6.45) is 0. The summed E-state index contributed by atoms with van der Waals surface area (Å²) < 4.78 is 7.57. The predicted octanol–water partition coefficient (Wildman–Crippen LogP) is 18.4. The minimum Gasteiger partial charge on any atom is -0.310 e. The van der Waals surface area contributed by atoms with Crippen molar-refractivity contribution in [2.24, 2.45) is 0 Å². The van der Waals surface area contributed by atoms with Crippen molar-refractivity contribution < 1.29 is 0 Å². The normalized spacial score (nSPS) is 13.2. The highest BCUT2D eigenvalue weighted by atomic mass is 15.1. The molecule has 0 saturated carbocycles. The molecule has 0 N–H and O–H groups in total. The Hall–Kier alpha value is -7.82. The van der Waals surface area contributed by atoms with Gasteiger partial charge in [0.1, 0.15) is 0 Å². The molecule has 0 fully saturated rings. The highest BCUT2D eigenvalue weighted by Gasteiger charge is 2.28. The van der Waals surface area contributed by atoms with Crippen LogP contribution in [-0.2, 0) is 16.2 Å². The van der Waals surface area contributed by atoms with Crippen LogP contribution in [0.5, 0.6) is 0 Å². The first-order valence-corrected chi connectivity index (χ1v) is 25.0. The van der Waals surface area contributed by atoms with Crippen molar-refractivity contribution >= 4 is 115 Å². The smallest absolute Gasteiger partial charge is 0.0620 e. The van der Waals surface area contributed by atoms with Crippen LogP contribution >= 0.6 is 0 Å². The van der Waals surface area contributed by atoms with Crippen molar-refractivity contribution in [3.63, 3.8) is 0 Å². The van der Waals surface area contributed by atoms with Gasteiger partial charge in [-0.2, -0.15) is 0 Å². The molecule has 9 aromatic carbocycles. The van der Waals surface area contributed by atoms with E-state index < -0.39 is 0 Å². The van der Waals surface area contributed by atoms with Crippen LogP contribution in [0.4, 0.5) is 17.1 Å². The van der Waals surface area contributed by atoms with Crippen LogP contribution in [-0.4, -0.2) is 13.4 Å². The molecule has 0 bridgehead atoms. The number of hydrogen-bond acceptors (Lipinski definition) is 1. The van der Waals surface area contributed by atoms with Crippen molar-refractivity contribution in [1.82, 2.24) is 13.4 Å². The fraction of sp³-hybridized carbons (Fsp3) is 0.182. The molecule has 4 nitrogen and oxygen atoms in total. The molecular weight excluding hydrogens is 849 g/mol. The summed E-state index contributed by atoms with van der Waals surface area (Å²) in [7, 11) is 0. The average molecular weight is 905 g/mol. The summed E-state index contributed by atoms with van der Waals surface area (Å²) in [5.74, 6) is 0. The molecule has 0 atom stereocenters. The largest absolute Gasteiger partial charge is 0.310 e. The summed E-state index contributed by atoms with van der Waals surface area (Å²) in [5, 5.41) is 13.0. The van der Waals surface area contributed by atoms with Gasteiger partial charge >= 0.3 is 0 Å². The van der Waals surface area contributed by atoms with Gasteiger partial charge in [-0.15, -0.1) is 0 Å². The molecule has 0 aliphatic rings. The molecule has 0 aliphatic carbocycles. The molecule has 0 saturated heterocycles. The molecular formula is C66H56N4. The highest BCUT2D eigenvalue weighted by Crippen LogP contribution is 2.49. The van der Waals surface area contributed by atoms with E-state index in [1.807, 2.05) is 0 Å². The summed E-state index contributed by atoms with van der Waals surface area (Å²) in [6, 6.07) is 66.8. The maximum absolute atomic E-state index is 2.59. The molecule has 0 unspecified atom stereocenters. The topological polar surface area (TPSA) is 17.0 Å². The van der Waals surface area contributed by atoms with Gasteiger partial charge in [-0.3, -0.25) is 0 Å². The van der Waals surface area contributed by atoms with E-state index in [9.17, 15) is 0 Å². The van der Waals surface area contributed by atoms with E-state index in [0.29, 0.717) is 0 Å². The second kappa shape index (κ2) is 13.9. The van der Waals surface area contributed by atoms with E-state index in [0.717, 1.165) is 22.7 Å². The van der Waals surface area contributed by atoms with Gasteiger partial charge in [-0.1, -0.05) is 129 Å². The van der Waals surface area contributed by atoms with Crippen LogP contribution in [0.15, 0.2) is 176 Å². The van der Waals surface area contributed by atoms with E-state index in [1.165, 1.54) is 115 Å². The van der Waals surface area contributed by atoms with Gasteiger partial charge in [-0.05, 0) is 142 Å². The Morgan fingerprint density at radius 1 is 0.286 bits per heavy atom. The molecule has 5 heterocycles. The van der Waals surface area contributed by atoms with E-state index >= 15 is 0 Å². The van der Waals surface area contributed by atoms with Crippen LogP contribution in [0.3, 0.4) is 0 Å². The van der Waals surface area contributed by atoms with Crippen molar-refractivity contribution in [1.29, 1.82) is 0 Å². The summed E-state index contributed by atoms with van der Waals surface area (Å²) in [5.41, 5.74) is 18.6. The molecule has 0 aliphatic heterocycles. The van der Waals surface area contributed by atoms with Crippen molar-refractivity contribution in [2.75, 3.05) is 4.90 Å². The number of benzene rings is 9. The average Bonchev–Trinajstić information content (AvgIpc) is 4.13. The van der Waals surface area contributed by atoms with Crippen LogP contribution in [0.1, 0.15) is 79.0 Å². The Bertz CT molecular complexity index is 4440. The number of nitrogens with zero attached hydrogens (tertiary/aromatic N) is 4. The molecule has 0 spiro atoms. The van der Waals surface area contributed by atoms with Gasteiger partial charge in [0.15, 0.2) is 0 Å². The highest BCUT2D eigenvalue weighted by molar-refractivity contribution is 6.29. The monoisotopic (exact) mass is 904 g/mol. The third-order valence-corrected chi connectivity index (χ3v) is 15.7. The first-order chi connectivity index (χ1) is 33.6. The van der Waals surface area contributed by atoms with Gasteiger partial charge in [-0.25, -0.2) is 0 Å². The van der Waals surface area contributed by atoms with Gasteiger partial charge < -0.3 is 18.3 Å². The van der Waals surface area contributed by atoms with Crippen molar-refractivity contribution in [2.45, 2.75) is 78.6 Å². The van der Waals surface area contributed by atoms with Gasteiger partial charge in [0.25, 0.3) is 0 Å². The summed E-state index contributed by atoms with van der Waals surface area (Å²) >= 11 is 0. The van der Waals surface area contributed by atoms with E-state index in [4.69, 9.17) is 0 Å². The zero-order valence-electron chi connectivity index (χ0n) is 41.5. The Morgan fingerprint density at radius 2 is 0.714 bits per heavy atom. The summed E-state index contributed by atoms with van der Waals surface area (Å²) in [4.78, 5) is 2.44. The molecule has 14 aromatic rings. The lowest BCUT2D eigenvalue weighted by Gasteiger charge is -2.26. The first kappa shape index (κ1) is 41.2. The Balaban J connectivity index is 1.07. The van der Waals surface area contributed by atoms with Gasteiger partial charge in [0, 0.05) is 76.6 Å². The zero-order chi connectivity index (χ0) is 47.7. The molecule has 5 aromatic heterocycles. The Morgan fingerprint density at radius 3 is 1.33 bits per heavy atom. The van der Waals surface area contributed by atoms with Gasteiger partial charge in [0.2, 0.25) is 0 Å². The Labute approximate surface area is 408 Å². The lowest BCUT2D eigenvalue weighted by atomic mass is 9.84. The quantitative estimate of drug-likeness (QED) is 0.172. The maximum Gasteiger partial charge on any atom is 0.0620 e. The molecule has 70 heavy (non-hydrogen) atoms. The third-order valence-electron chi connectivity index (χ3n) is 15.7. The standard InChI is InChI=1S/C66H56N4/c1-64(2,3)39-24-28-58-48(30-39)53-32-41(66(7,8)9)34-55-50-38-61-51(37-60(50)69(58)63(53)55)54-33-40(65(4,5)6)31-52-47-27-25-45(36-59(47)70(61)62(52)54)67(42-18-12-10-13-19-42)44-26-29-57-49(35-44)46-22-16-17-23-56(46)68(57)43-20-14-11-15-21-43/h10-38H,1-9H3.